The first-order valence-corrected chi connectivity index (χ1v) is 6.27. The van der Waals surface area contributed by atoms with Crippen LogP contribution in [0.15, 0.2) is 41.8 Å². The number of nitrogens with one attached hydrogen (secondary N) is 1. The molecule has 4 nitrogen and oxygen atoms in total. The van der Waals surface area contributed by atoms with Crippen LogP contribution in [0.4, 0.5) is 5.69 Å². The van der Waals surface area contributed by atoms with Crippen molar-refractivity contribution in [3.05, 3.63) is 52.2 Å². The lowest BCUT2D eigenvalue weighted by atomic mass is 10.1. The molecule has 0 unspecified atom stereocenters. The molecule has 0 fully saturated rings. The smallest absolute Gasteiger partial charge is 0.238 e. The molecule has 1 heterocycles. The molecule has 5 heteroatoms. The zero-order chi connectivity index (χ0) is 13.0. The standard InChI is InChI=1S/C13H12N2O2S/c14-8-12(16)15-10-5-2-1-4-9(10)13(17)11-6-3-7-18-11/h1-7H,8,14H2,(H,15,16). The summed E-state index contributed by atoms with van der Waals surface area (Å²) in [6.45, 7) is -0.110. The zero-order valence-electron chi connectivity index (χ0n) is 9.55. The molecule has 0 saturated carbocycles. The van der Waals surface area contributed by atoms with E-state index >= 15 is 0 Å². The Hall–Kier alpha value is -1.98. The molecule has 0 spiro atoms. The van der Waals surface area contributed by atoms with Crippen molar-refractivity contribution in [1.29, 1.82) is 0 Å². The normalized spacial score (nSPS) is 10.1. The molecule has 0 aliphatic rings. The van der Waals surface area contributed by atoms with Crippen LogP contribution < -0.4 is 11.1 Å². The van der Waals surface area contributed by atoms with E-state index in [-0.39, 0.29) is 18.2 Å². The highest BCUT2D eigenvalue weighted by Gasteiger charge is 2.14. The second-order valence-electron chi connectivity index (χ2n) is 3.60. The number of rotatable bonds is 4. The lowest BCUT2D eigenvalue weighted by molar-refractivity contribution is -0.114. The van der Waals surface area contributed by atoms with Crippen molar-refractivity contribution in [3.63, 3.8) is 0 Å². The Morgan fingerprint density at radius 2 is 1.94 bits per heavy atom. The van der Waals surface area contributed by atoms with Gasteiger partial charge in [0.15, 0.2) is 0 Å². The molecule has 2 rings (SSSR count). The lowest BCUT2D eigenvalue weighted by Crippen LogP contribution is -2.23. The maximum absolute atomic E-state index is 12.2. The van der Waals surface area contributed by atoms with Gasteiger partial charge in [-0.1, -0.05) is 18.2 Å². The number of carbonyl (C=O) groups is 2. The average Bonchev–Trinajstić information content (AvgIpc) is 2.92. The van der Waals surface area contributed by atoms with Crippen molar-refractivity contribution >= 4 is 28.7 Å². The second kappa shape index (κ2) is 5.57. The van der Waals surface area contributed by atoms with E-state index in [0.717, 1.165) is 0 Å². The Morgan fingerprint density at radius 3 is 2.61 bits per heavy atom. The molecule has 18 heavy (non-hydrogen) atoms. The van der Waals surface area contributed by atoms with Gasteiger partial charge in [-0.3, -0.25) is 9.59 Å². The summed E-state index contributed by atoms with van der Waals surface area (Å²) in [6.07, 6.45) is 0. The van der Waals surface area contributed by atoms with E-state index in [9.17, 15) is 9.59 Å². The molecule has 0 aliphatic carbocycles. The summed E-state index contributed by atoms with van der Waals surface area (Å²) in [5.41, 5.74) is 6.21. The minimum absolute atomic E-state index is 0.0991. The molecule has 3 N–H and O–H groups in total. The van der Waals surface area contributed by atoms with Gasteiger partial charge in [-0.25, -0.2) is 0 Å². The molecule has 0 atom stereocenters. The molecule has 0 saturated heterocycles. The molecule has 0 radical (unpaired) electrons. The SMILES string of the molecule is NCC(=O)Nc1ccccc1C(=O)c1cccs1. The largest absolute Gasteiger partial charge is 0.324 e. The third-order valence-corrected chi connectivity index (χ3v) is 3.24. The average molecular weight is 260 g/mol. The summed E-state index contributed by atoms with van der Waals surface area (Å²) in [4.78, 5) is 24.2. The van der Waals surface area contributed by atoms with Crippen LogP contribution in [0.3, 0.4) is 0 Å². The number of anilines is 1. The lowest BCUT2D eigenvalue weighted by Gasteiger charge is -2.08. The molecular weight excluding hydrogens is 248 g/mol. The van der Waals surface area contributed by atoms with Gasteiger partial charge >= 0.3 is 0 Å². The summed E-state index contributed by atoms with van der Waals surface area (Å²) < 4.78 is 0. The van der Waals surface area contributed by atoms with Gasteiger partial charge < -0.3 is 11.1 Å². The van der Waals surface area contributed by atoms with Crippen LogP contribution in [0.25, 0.3) is 0 Å². The van der Waals surface area contributed by atoms with Crippen LogP contribution in [0, 0.1) is 0 Å². The number of hydrogen-bond acceptors (Lipinski definition) is 4. The summed E-state index contributed by atoms with van der Waals surface area (Å²) in [5, 5.41) is 4.46. The molecule has 1 aromatic heterocycles. The summed E-state index contributed by atoms with van der Waals surface area (Å²) in [6, 6.07) is 10.5. The van der Waals surface area contributed by atoms with Gasteiger partial charge in [0, 0.05) is 5.56 Å². The Balaban J connectivity index is 2.33. The maximum atomic E-state index is 12.2. The quantitative estimate of drug-likeness (QED) is 0.824. The number of thiophene rings is 1. The monoisotopic (exact) mass is 260 g/mol. The van der Waals surface area contributed by atoms with E-state index in [1.54, 1.807) is 30.3 Å². The number of carbonyl (C=O) groups excluding carboxylic acids is 2. The van der Waals surface area contributed by atoms with Crippen LogP contribution in [-0.4, -0.2) is 18.2 Å². The third-order valence-electron chi connectivity index (χ3n) is 2.38. The fourth-order valence-electron chi connectivity index (χ4n) is 1.53. The fraction of sp³-hybridized carbons (Fsp3) is 0.0769. The van der Waals surface area contributed by atoms with Crippen LogP contribution in [0.1, 0.15) is 15.2 Å². The van der Waals surface area contributed by atoms with E-state index in [1.165, 1.54) is 11.3 Å². The first kappa shape index (κ1) is 12.5. The Bertz CT molecular complexity index is 564. The zero-order valence-corrected chi connectivity index (χ0v) is 10.4. The Labute approximate surface area is 108 Å². The van der Waals surface area contributed by atoms with Crippen LogP contribution in [0.5, 0.6) is 0 Å². The predicted molar refractivity (Wildman–Crippen MR) is 71.9 cm³/mol. The topological polar surface area (TPSA) is 72.2 Å². The number of nitrogens with two attached hydrogens (primary N) is 1. The first-order valence-electron chi connectivity index (χ1n) is 5.39. The van der Waals surface area contributed by atoms with Gasteiger partial charge in [-0.15, -0.1) is 11.3 Å². The van der Waals surface area contributed by atoms with Crippen molar-refractivity contribution in [2.24, 2.45) is 5.73 Å². The van der Waals surface area contributed by atoms with Crippen molar-refractivity contribution in [1.82, 2.24) is 0 Å². The Kier molecular flexibility index (Phi) is 3.86. The molecule has 92 valence electrons. The molecule has 0 aliphatic heterocycles. The maximum Gasteiger partial charge on any atom is 0.238 e. The van der Waals surface area contributed by atoms with Gasteiger partial charge in [0.1, 0.15) is 0 Å². The molecule has 2 aromatic rings. The van der Waals surface area contributed by atoms with Gasteiger partial charge in [-0.2, -0.15) is 0 Å². The van der Waals surface area contributed by atoms with E-state index in [1.807, 2.05) is 11.4 Å². The highest BCUT2D eigenvalue weighted by Crippen LogP contribution is 2.21. The third kappa shape index (κ3) is 2.64. The highest BCUT2D eigenvalue weighted by atomic mass is 32.1. The number of ketones is 1. The predicted octanol–water partition coefficient (Wildman–Crippen LogP) is 1.88. The molecule has 1 amide bonds. The van der Waals surface area contributed by atoms with E-state index in [4.69, 9.17) is 5.73 Å². The molecular formula is C13H12N2O2S. The number of para-hydroxylation sites is 1. The minimum Gasteiger partial charge on any atom is -0.324 e. The van der Waals surface area contributed by atoms with Gasteiger partial charge in [0.05, 0.1) is 17.1 Å². The molecule has 1 aromatic carbocycles. The minimum atomic E-state index is -0.318. The number of amides is 1. The van der Waals surface area contributed by atoms with Crippen LogP contribution >= 0.6 is 11.3 Å². The van der Waals surface area contributed by atoms with E-state index < -0.39 is 0 Å². The van der Waals surface area contributed by atoms with Crippen molar-refractivity contribution in [3.8, 4) is 0 Å². The van der Waals surface area contributed by atoms with Gasteiger partial charge in [0.2, 0.25) is 11.7 Å². The van der Waals surface area contributed by atoms with Crippen molar-refractivity contribution < 1.29 is 9.59 Å². The second-order valence-corrected chi connectivity index (χ2v) is 4.55. The Morgan fingerprint density at radius 1 is 1.17 bits per heavy atom. The van der Waals surface area contributed by atoms with E-state index in [2.05, 4.69) is 5.32 Å². The van der Waals surface area contributed by atoms with E-state index in [0.29, 0.717) is 16.1 Å². The van der Waals surface area contributed by atoms with Gasteiger partial charge in [0.25, 0.3) is 0 Å². The first-order chi connectivity index (χ1) is 8.72. The van der Waals surface area contributed by atoms with Gasteiger partial charge in [-0.05, 0) is 23.6 Å². The highest BCUT2D eigenvalue weighted by molar-refractivity contribution is 7.12. The van der Waals surface area contributed by atoms with Crippen molar-refractivity contribution in [2.45, 2.75) is 0 Å². The van der Waals surface area contributed by atoms with Crippen LogP contribution in [0.2, 0.25) is 0 Å². The number of hydrogen-bond donors (Lipinski definition) is 2. The van der Waals surface area contributed by atoms with Crippen molar-refractivity contribution in [2.75, 3.05) is 11.9 Å². The summed E-state index contributed by atoms with van der Waals surface area (Å²) in [7, 11) is 0. The summed E-state index contributed by atoms with van der Waals surface area (Å²) >= 11 is 1.37. The fourth-order valence-corrected chi connectivity index (χ4v) is 2.21. The number of benzene rings is 1. The summed E-state index contributed by atoms with van der Waals surface area (Å²) in [5.74, 6) is -0.417. The molecule has 0 bridgehead atoms. The van der Waals surface area contributed by atoms with Crippen LogP contribution in [-0.2, 0) is 4.79 Å².